The van der Waals surface area contributed by atoms with E-state index in [9.17, 15) is 4.79 Å². The van der Waals surface area contributed by atoms with Crippen LogP contribution in [0.15, 0.2) is 17.2 Å². The molecule has 1 aliphatic carbocycles. The third-order valence-corrected chi connectivity index (χ3v) is 2.30. The maximum atomic E-state index is 11.7. The zero-order valence-corrected chi connectivity index (χ0v) is 7.81. The molecule has 4 nitrogen and oxygen atoms in total. The van der Waals surface area contributed by atoms with E-state index in [1.54, 1.807) is 4.57 Å². The molecule has 1 aliphatic rings. The Bertz CT molecular complexity index is 346. The molecule has 0 saturated heterocycles. The zero-order valence-electron chi connectivity index (χ0n) is 7.81. The second-order valence-corrected chi connectivity index (χ2v) is 3.85. The van der Waals surface area contributed by atoms with E-state index in [-0.39, 0.29) is 11.7 Å². The minimum Gasteiger partial charge on any atom is -0.326 e. The topological polar surface area (TPSA) is 52.9 Å². The first kappa shape index (κ1) is 8.56. The summed E-state index contributed by atoms with van der Waals surface area (Å²) < 4.78 is 3.49. The molecular formula is C9H15N3O. The van der Waals surface area contributed by atoms with Gasteiger partial charge in [0.15, 0.2) is 0 Å². The molecule has 1 fully saturated rings. The van der Waals surface area contributed by atoms with Gasteiger partial charge in [0.05, 0.1) is 0 Å². The Balaban J connectivity index is 2.22. The molecule has 2 rings (SSSR count). The molecule has 0 amide bonds. The van der Waals surface area contributed by atoms with Gasteiger partial charge in [-0.1, -0.05) is 0 Å². The van der Waals surface area contributed by atoms with Gasteiger partial charge in [0.2, 0.25) is 0 Å². The fourth-order valence-electron chi connectivity index (χ4n) is 1.51. The molecule has 4 heteroatoms. The summed E-state index contributed by atoms with van der Waals surface area (Å²) in [5.41, 5.74) is 5.71. The van der Waals surface area contributed by atoms with Crippen LogP contribution in [0.1, 0.15) is 25.8 Å². The van der Waals surface area contributed by atoms with Gasteiger partial charge in [-0.05, 0) is 19.8 Å². The maximum absolute atomic E-state index is 11.7. The highest BCUT2D eigenvalue weighted by molar-refractivity contribution is 4.91. The van der Waals surface area contributed by atoms with E-state index < -0.39 is 0 Å². The predicted octanol–water partition coefficient (Wildman–Crippen LogP) is 0.332. The predicted molar refractivity (Wildman–Crippen MR) is 50.6 cm³/mol. The van der Waals surface area contributed by atoms with E-state index in [2.05, 4.69) is 0 Å². The summed E-state index contributed by atoms with van der Waals surface area (Å²) >= 11 is 0. The van der Waals surface area contributed by atoms with Gasteiger partial charge in [0.1, 0.15) is 0 Å². The molecule has 1 aromatic heterocycles. The van der Waals surface area contributed by atoms with Crippen LogP contribution in [0.2, 0.25) is 0 Å². The highest BCUT2D eigenvalue weighted by atomic mass is 16.1. The lowest BCUT2D eigenvalue weighted by atomic mass is 10.4. The van der Waals surface area contributed by atoms with Crippen LogP contribution in [0.4, 0.5) is 0 Å². The van der Waals surface area contributed by atoms with Crippen molar-refractivity contribution in [2.45, 2.75) is 38.4 Å². The van der Waals surface area contributed by atoms with Gasteiger partial charge >= 0.3 is 5.69 Å². The Morgan fingerprint density at radius 2 is 2.31 bits per heavy atom. The second-order valence-electron chi connectivity index (χ2n) is 3.85. The quantitative estimate of drug-likeness (QED) is 0.730. The smallest absolute Gasteiger partial charge is 0.326 e. The first-order chi connectivity index (χ1) is 6.18. The molecule has 0 aromatic carbocycles. The Labute approximate surface area is 77.0 Å². The number of nitrogens with two attached hydrogens (primary N) is 1. The molecule has 0 bridgehead atoms. The highest BCUT2D eigenvalue weighted by Gasteiger charge is 2.25. The number of hydrogen-bond acceptors (Lipinski definition) is 2. The minimum atomic E-state index is 0.0350. The largest absolute Gasteiger partial charge is 0.328 e. The Kier molecular flexibility index (Phi) is 2.00. The van der Waals surface area contributed by atoms with Crippen molar-refractivity contribution in [3.63, 3.8) is 0 Å². The molecule has 72 valence electrons. The van der Waals surface area contributed by atoms with Gasteiger partial charge in [-0.2, -0.15) is 0 Å². The van der Waals surface area contributed by atoms with E-state index in [0.29, 0.717) is 12.6 Å². The Morgan fingerprint density at radius 1 is 1.62 bits per heavy atom. The number of nitrogens with zero attached hydrogens (tertiary/aromatic N) is 2. The van der Waals surface area contributed by atoms with E-state index in [1.807, 2.05) is 23.9 Å². The van der Waals surface area contributed by atoms with Gasteiger partial charge in [0.25, 0.3) is 0 Å². The van der Waals surface area contributed by atoms with Crippen molar-refractivity contribution in [2.24, 2.45) is 5.73 Å². The number of imidazole rings is 1. The summed E-state index contributed by atoms with van der Waals surface area (Å²) in [6.45, 7) is 2.51. The van der Waals surface area contributed by atoms with Crippen LogP contribution in [-0.2, 0) is 6.54 Å². The molecule has 0 unspecified atom stereocenters. The number of rotatable bonds is 3. The van der Waals surface area contributed by atoms with Gasteiger partial charge in [0, 0.05) is 31.0 Å². The SMILES string of the molecule is C[C@@H](N)Cn1ccn(C2CC2)c1=O. The van der Waals surface area contributed by atoms with Crippen molar-refractivity contribution < 1.29 is 0 Å². The van der Waals surface area contributed by atoms with Gasteiger partial charge < -0.3 is 5.73 Å². The van der Waals surface area contributed by atoms with Crippen LogP contribution >= 0.6 is 0 Å². The fraction of sp³-hybridized carbons (Fsp3) is 0.667. The standard InChI is InChI=1S/C9H15N3O/c1-7(10)6-11-4-5-12(9(11)13)8-2-3-8/h4-5,7-8H,2-3,6,10H2,1H3/t7-/m1/s1. The van der Waals surface area contributed by atoms with Crippen molar-refractivity contribution in [1.29, 1.82) is 0 Å². The van der Waals surface area contributed by atoms with Crippen molar-refractivity contribution in [3.05, 3.63) is 22.9 Å². The van der Waals surface area contributed by atoms with Crippen LogP contribution in [0, 0.1) is 0 Å². The minimum absolute atomic E-state index is 0.0350. The summed E-state index contributed by atoms with van der Waals surface area (Å²) in [5.74, 6) is 0. The monoisotopic (exact) mass is 181 g/mol. The lowest BCUT2D eigenvalue weighted by molar-refractivity contribution is 0.556. The average molecular weight is 181 g/mol. The molecule has 1 aromatic rings. The van der Waals surface area contributed by atoms with Crippen molar-refractivity contribution in [1.82, 2.24) is 9.13 Å². The summed E-state index contributed by atoms with van der Waals surface area (Å²) in [4.78, 5) is 11.7. The lowest BCUT2D eigenvalue weighted by Gasteiger charge is -2.04. The fourth-order valence-corrected chi connectivity index (χ4v) is 1.51. The molecule has 13 heavy (non-hydrogen) atoms. The normalized spacial score (nSPS) is 18.9. The molecule has 1 atom stereocenters. The summed E-state index contributed by atoms with van der Waals surface area (Å²) in [5, 5.41) is 0. The molecule has 0 aliphatic heterocycles. The van der Waals surface area contributed by atoms with Crippen molar-refractivity contribution in [2.75, 3.05) is 0 Å². The van der Waals surface area contributed by atoms with E-state index >= 15 is 0 Å². The van der Waals surface area contributed by atoms with E-state index in [0.717, 1.165) is 12.8 Å². The summed E-state index contributed by atoms with van der Waals surface area (Å²) in [6, 6.07) is 0.495. The third kappa shape index (κ3) is 1.67. The third-order valence-electron chi connectivity index (χ3n) is 2.30. The van der Waals surface area contributed by atoms with Crippen LogP contribution in [0.5, 0.6) is 0 Å². The first-order valence-electron chi connectivity index (χ1n) is 4.71. The van der Waals surface area contributed by atoms with Crippen LogP contribution in [0.3, 0.4) is 0 Å². The molecule has 2 N–H and O–H groups in total. The summed E-state index contributed by atoms with van der Waals surface area (Å²) in [6.07, 6.45) is 5.97. The Morgan fingerprint density at radius 3 is 2.85 bits per heavy atom. The van der Waals surface area contributed by atoms with Crippen molar-refractivity contribution in [3.8, 4) is 0 Å². The molecule has 1 heterocycles. The van der Waals surface area contributed by atoms with Crippen molar-refractivity contribution >= 4 is 0 Å². The van der Waals surface area contributed by atoms with Crippen LogP contribution in [-0.4, -0.2) is 15.2 Å². The number of hydrogen-bond donors (Lipinski definition) is 1. The Hall–Kier alpha value is -1.03. The molecule has 0 radical (unpaired) electrons. The summed E-state index contributed by atoms with van der Waals surface area (Å²) in [7, 11) is 0. The van der Waals surface area contributed by atoms with E-state index in [1.165, 1.54) is 0 Å². The molecular weight excluding hydrogens is 166 g/mol. The van der Waals surface area contributed by atoms with Gasteiger partial charge in [-0.25, -0.2) is 4.79 Å². The van der Waals surface area contributed by atoms with Gasteiger partial charge in [-0.3, -0.25) is 9.13 Å². The first-order valence-corrected chi connectivity index (χ1v) is 4.71. The zero-order chi connectivity index (χ0) is 9.42. The number of aromatic nitrogens is 2. The lowest BCUT2D eigenvalue weighted by Crippen LogP contribution is -2.30. The highest BCUT2D eigenvalue weighted by Crippen LogP contribution is 2.33. The maximum Gasteiger partial charge on any atom is 0.328 e. The van der Waals surface area contributed by atoms with Crippen LogP contribution in [0.25, 0.3) is 0 Å². The molecule has 1 saturated carbocycles. The second kappa shape index (κ2) is 3.03. The molecule has 0 spiro atoms. The van der Waals surface area contributed by atoms with E-state index in [4.69, 9.17) is 5.73 Å². The average Bonchev–Trinajstić information content (AvgIpc) is 2.81. The van der Waals surface area contributed by atoms with Crippen LogP contribution < -0.4 is 11.4 Å². The van der Waals surface area contributed by atoms with Gasteiger partial charge in [-0.15, -0.1) is 0 Å².